The third-order valence-electron chi connectivity index (χ3n) is 4.54. The molecule has 4 aromatic rings. The zero-order valence-electron chi connectivity index (χ0n) is 15.2. The van der Waals surface area contributed by atoms with Crippen molar-refractivity contribution in [3.05, 3.63) is 82.2 Å². The second kappa shape index (κ2) is 6.98. The van der Waals surface area contributed by atoms with Crippen molar-refractivity contribution in [3.8, 4) is 23.1 Å². The van der Waals surface area contributed by atoms with Gasteiger partial charge in [0.25, 0.3) is 11.6 Å². The monoisotopic (exact) mass is 387 g/mol. The van der Waals surface area contributed by atoms with Crippen molar-refractivity contribution in [2.75, 3.05) is 7.11 Å². The van der Waals surface area contributed by atoms with E-state index in [0.717, 1.165) is 0 Å². The minimum absolute atomic E-state index is 0.00430. The van der Waals surface area contributed by atoms with E-state index in [0.29, 0.717) is 22.2 Å². The van der Waals surface area contributed by atoms with Gasteiger partial charge >= 0.3 is 0 Å². The summed E-state index contributed by atoms with van der Waals surface area (Å²) in [4.78, 5) is 23.8. The van der Waals surface area contributed by atoms with Gasteiger partial charge in [-0.05, 0) is 30.3 Å². The Kier molecular flexibility index (Phi) is 4.33. The number of nitro groups is 1. The molecule has 142 valence electrons. The lowest BCUT2D eigenvalue weighted by atomic mass is 10.1. The van der Waals surface area contributed by atoms with E-state index in [1.54, 1.807) is 30.3 Å². The average molecular weight is 387 g/mol. The molecule has 0 N–H and O–H groups in total. The first kappa shape index (κ1) is 18.0. The van der Waals surface area contributed by atoms with E-state index >= 15 is 0 Å². The number of furan rings is 1. The van der Waals surface area contributed by atoms with Gasteiger partial charge < -0.3 is 9.15 Å². The summed E-state index contributed by atoms with van der Waals surface area (Å²) in [5.74, 6) is 0.0336. The molecule has 0 atom stereocenters. The molecule has 0 saturated heterocycles. The lowest BCUT2D eigenvalue weighted by molar-refractivity contribution is -0.384. The van der Waals surface area contributed by atoms with Crippen LogP contribution in [0.1, 0.15) is 16.1 Å². The van der Waals surface area contributed by atoms with E-state index in [-0.39, 0.29) is 22.8 Å². The van der Waals surface area contributed by atoms with Crippen LogP contribution in [0.2, 0.25) is 0 Å². The zero-order chi connectivity index (χ0) is 20.5. The van der Waals surface area contributed by atoms with Crippen molar-refractivity contribution in [2.45, 2.75) is 0 Å². The summed E-state index contributed by atoms with van der Waals surface area (Å²) in [5.41, 5.74) is 0.967. The van der Waals surface area contributed by atoms with Crippen molar-refractivity contribution in [3.63, 3.8) is 0 Å². The van der Waals surface area contributed by atoms with Gasteiger partial charge in [0.15, 0.2) is 5.76 Å². The summed E-state index contributed by atoms with van der Waals surface area (Å²) < 4.78 is 12.0. The Labute approximate surface area is 164 Å². The van der Waals surface area contributed by atoms with Crippen LogP contribution in [0, 0.1) is 21.4 Å². The van der Waals surface area contributed by atoms with Crippen LogP contribution in [0.3, 0.4) is 0 Å². The maximum Gasteiger partial charge on any atom is 0.298 e. The van der Waals surface area contributed by atoms with Crippen LogP contribution in [-0.2, 0) is 0 Å². The first-order valence-corrected chi connectivity index (χ1v) is 8.51. The summed E-state index contributed by atoms with van der Waals surface area (Å²) in [6.45, 7) is 0. The maximum absolute atomic E-state index is 13.0. The Hall–Kier alpha value is -4.38. The van der Waals surface area contributed by atoms with E-state index in [9.17, 15) is 20.2 Å². The van der Waals surface area contributed by atoms with E-state index in [1.165, 1.54) is 42.1 Å². The summed E-state index contributed by atoms with van der Waals surface area (Å²) in [7, 11) is 1.42. The minimum atomic E-state index is -0.541. The van der Waals surface area contributed by atoms with Gasteiger partial charge in [-0.1, -0.05) is 18.2 Å². The Morgan fingerprint density at radius 2 is 2.00 bits per heavy atom. The Morgan fingerprint density at radius 1 is 1.21 bits per heavy atom. The smallest absolute Gasteiger partial charge is 0.298 e. The molecular weight excluding hydrogens is 374 g/mol. The van der Waals surface area contributed by atoms with Gasteiger partial charge in [0.05, 0.1) is 34.7 Å². The zero-order valence-corrected chi connectivity index (χ0v) is 15.2. The highest BCUT2D eigenvalue weighted by atomic mass is 16.6. The van der Waals surface area contributed by atoms with Crippen LogP contribution in [-0.4, -0.2) is 22.5 Å². The normalized spacial score (nSPS) is 10.6. The van der Waals surface area contributed by atoms with E-state index < -0.39 is 10.8 Å². The lowest BCUT2D eigenvalue weighted by Gasteiger charge is -2.04. The van der Waals surface area contributed by atoms with Crippen molar-refractivity contribution < 1.29 is 18.9 Å². The SMILES string of the molecule is COc1ccc(-c2ccc(C(=O)n3cc(C#N)c4ccccc43)o2)c([N+](=O)[O-])c1. The number of para-hydroxylation sites is 1. The van der Waals surface area contributed by atoms with Crippen LogP contribution in [0.15, 0.2) is 65.2 Å². The van der Waals surface area contributed by atoms with Crippen LogP contribution in [0.25, 0.3) is 22.2 Å². The van der Waals surface area contributed by atoms with Gasteiger partial charge in [0.1, 0.15) is 17.6 Å². The second-order valence-corrected chi connectivity index (χ2v) is 6.15. The third-order valence-corrected chi connectivity index (χ3v) is 4.54. The maximum atomic E-state index is 13.0. The summed E-state index contributed by atoms with van der Waals surface area (Å²) in [6.07, 6.45) is 1.45. The molecule has 0 bridgehead atoms. The Bertz CT molecular complexity index is 1310. The number of hydrogen-bond donors (Lipinski definition) is 0. The number of ether oxygens (including phenoxy) is 1. The second-order valence-electron chi connectivity index (χ2n) is 6.15. The van der Waals surface area contributed by atoms with Crippen molar-refractivity contribution in [1.29, 1.82) is 5.26 Å². The van der Waals surface area contributed by atoms with Gasteiger partial charge in [-0.25, -0.2) is 0 Å². The number of carbonyl (C=O) groups is 1. The highest BCUT2D eigenvalue weighted by Crippen LogP contribution is 2.34. The Morgan fingerprint density at radius 3 is 2.72 bits per heavy atom. The summed E-state index contributed by atoms with van der Waals surface area (Å²) >= 11 is 0. The fraction of sp³-hybridized carbons (Fsp3) is 0.0476. The van der Waals surface area contributed by atoms with Gasteiger partial charge in [0, 0.05) is 11.6 Å². The summed E-state index contributed by atoms with van der Waals surface area (Å²) in [6, 6.07) is 16.4. The van der Waals surface area contributed by atoms with Crippen LogP contribution in [0.5, 0.6) is 5.75 Å². The lowest BCUT2D eigenvalue weighted by Crippen LogP contribution is -2.09. The van der Waals surface area contributed by atoms with E-state index in [1.807, 2.05) is 0 Å². The number of hydrogen-bond acceptors (Lipinski definition) is 6. The number of rotatable bonds is 4. The van der Waals surface area contributed by atoms with Crippen molar-refractivity contribution in [1.82, 2.24) is 4.57 Å². The van der Waals surface area contributed by atoms with E-state index in [2.05, 4.69) is 6.07 Å². The molecule has 0 aliphatic heterocycles. The highest BCUT2D eigenvalue weighted by molar-refractivity contribution is 6.02. The highest BCUT2D eigenvalue weighted by Gasteiger charge is 2.22. The summed E-state index contributed by atoms with van der Waals surface area (Å²) in [5, 5.41) is 21.4. The number of nitriles is 1. The van der Waals surface area contributed by atoms with Gasteiger partial charge in [-0.15, -0.1) is 0 Å². The number of benzene rings is 2. The molecule has 0 unspecified atom stereocenters. The number of nitrogens with zero attached hydrogens (tertiary/aromatic N) is 3. The molecular formula is C21H13N3O5. The molecule has 2 aromatic heterocycles. The fourth-order valence-electron chi connectivity index (χ4n) is 3.15. The molecule has 8 nitrogen and oxygen atoms in total. The van der Waals surface area contributed by atoms with Crippen molar-refractivity contribution >= 4 is 22.5 Å². The topological polar surface area (TPSA) is 111 Å². The van der Waals surface area contributed by atoms with Crippen LogP contribution >= 0.6 is 0 Å². The molecule has 0 radical (unpaired) electrons. The van der Waals surface area contributed by atoms with Crippen LogP contribution < -0.4 is 4.74 Å². The predicted octanol–water partition coefficient (Wildman–Crippen LogP) is 4.38. The largest absolute Gasteiger partial charge is 0.497 e. The van der Waals surface area contributed by atoms with Crippen molar-refractivity contribution in [2.24, 2.45) is 0 Å². The number of fused-ring (bicyclic) bond motifs is 1. The molecule has 0 aliphatic rings. The number of methoxy groups -OCH3 is 1. The number of nitro benzene ring substituents is 1. The molecule has 0 fully saturated rings. The Balaban J connectivity index is 1.77. The van der Waals surface area contributed by atoms with Crippen LogP contribution in [0.4, 0.5) is 5.69 Å². The first-order chi connectivity index (χ1) is 14.0. The number of aromatic nitrogens is 1. The van der Waals surface area contributed by atoms with Gasteiger partial charge in [-0.3, -0.25) is 19.5 Å². The quantitative estimate of drug-likeness (QED) is 0.379. The minimum Gasteiger partial charge on any atom is -0.497 e. The molecule has 8 heteroatoms. The third kappa shape index (κ3) is 3.00. The average Bonchev–Trinajstić information content (AvgIpc) is 3.38. The molecule has 0 amide bonds. The molecule has 4 rings (SSSR count). The number of carbonyl (C=O) groups excluding carboxylic acids is 1. The molecule has 2 heterocycles. The molecule has 29 heavy (non-hydrogen) atoms. The first-order valence-electron chi connectivity index (χ1n) is 8.51. The molecule has 0 spiro atoms. The standard InChI is InChI=1S/C21H13N3O5/c1-28-14-6-7-16(18(10-14)24(26)27)19-8-9-20(29-19)21(25)23-12-13(11-22)15-4-2-3-5-17(15)23/h2-10,12H,1H3. The van der Waals surface area contributed by atoms with E-state index in [4.69, 9.17) is 9.15 Å². The fourth-order valence-corrected chi connectivity index (χ4v) is 3.15. The van der Waals surface area contributed by atoms with Gasteiger partial charge in [-0.2, -0.15) is 5.26 Å². The molecule has 2 aromatic carbocycles. The molecule has 0 saturated carbocycles. The predicted molar refractivity (Wildman–Crippen MR) is 104 cm³/mol. The molecule has 0 aliphatic carbocycles. The van der Waals surface area contributed by atoms with Gasteiger partial charge in [0.2, 0.25) is 0 Å².